The third-order valence-electron chi connectivity index (χ3n) is 3.13. The Balaban J connectivity index is 1.84. The maximum absolute atomic E-state index is 12.3. The van der Waals surface area contributed by atoms with Crippen molar-refractivity contribution in [3.63, 3.8) is 0 Å². The normalized spacial score (nSPS) is 14.4. The van der Waals surface area contributed by atoms with E-state index in [1.807, 2.05) is 29.0 Å². The summed E-state index contributed by atoms with van der Waals surface area (Å²) in [4.78, 5) is 12.3. The van der Waals surface area contributed by atoms with Crippen molar-refractivity contribution in [1.29, 1.82) is 0 Å². The van der Waals surface area contributed by atoms with Crippen LogP contribution in [-0.4, -0.2) is 10.5 Å². The molecule has 0 unspecified atom stereocenters. The summed E-state index contributed by atoms with van der Waals surface area (Å²) in [5.74, 6) is -0.111. The molecule has 0 spiro atoms. The quantitative estimate of drug-likeness (QED) is 0.878. The van der Waals surface area contributed by atoms with Gasteiger partial charge in [-0.15, -0.1) is 0 Å². The number of halogens is 2. The first kappa shape index (κ1) is 12.8. The fourth-order valence-corrected chi connectivity index (χ4v) is 2.55. The SMILES string of the molecule is O=C(Nc1cc(Cl)ccc1Br)c1cccn1C1CC1. The first-order valence-electron chi connectivity index (χ1n) is 6.08. The first-order valence-corrected chi connectivity index (χ1v) is 7.25. The Morgan fingerprint density at radius 2 is 2.16 bits per heavy atom. The number of hydrogen-bond acceptors (Lipinski definition) is 1. The molecule has 1 aromatic carbocycles. The summed E-state index contributed by atoms with van der Waals surface area (Å²) >= 11 is 9.34. The van der Waals surface area contributed by atoms with Gasteiger partial charge in [-0.2, -0.15) is 0 Å². The third-order valence-corrected chi connectivity index (χ3v) is 4.06. The van der Waals surface area contributed by atoms with E-state index >= 15 is 0 Å². The van der Waals surface area contributed by atoms with Gasteiger partial charge in [0.2, 0.25) is 0 Å². The highest BCUT2D eigenvalue weighted by molar-refractivity contribution is 9.10. The molecule has 98 valence electrons. The van der Waals surface area contributed by atoms with E-state index in [1.165, 1.54) is 0 Å². The van der Waals surface area contributed by atoms with Crippen LogP contribution in [0.2, 0.25) is 5.02 Å². The van der Waals surface area contributed by atoms with Crippen LogP contribution in [0, 0.1) is 0 Å². The molecule has 0 atom stereocenters. The summed E-state index contributed by atoms with van der Waals surface area (Å²) in [6, 6.07) is 9.55. The lowest BCUT2D eigenvalue weighted by atomic mass is 10.3. The fraction of sp³-hybridized carbons (Fsp3) is 0.214. The average Bonchev–Trinajstić information content (AvgIpc) is 3.11. The predicted molar refractivity (Wildman–Crippen MR) is 79.8 cm³/mol. The summed E-state index contributed by atoms with van der Waals surface area (Å²) in [5, 5.41) is 3.48. The highest BCUT2D eigenvalue weighted by atomic mass is 79.9. The van der Waals surface area contributed by atoms with Crippen LogP contribution in [0.3, 0.4) is 0 Å². The first-order chi connectivity index (χ1) is 9.15. The van der Waals surface area contributed by atoms with Gasteiger partial charge in [-0.1, -0.05) is 11.6 Å². The fourth-order valence-electron chi connectivity index (χ4n) is 2.04. The number of amides is 1. The summed E-state index contributed by atoms with van der Waals surface area (Å²) in [7, 11) is 0. The largest absolute Gasteiger partial charge is 0.340 e. The number of aromatic nitrogens is 1. The molecule has 2 aromatic rings. The third kappa shape index (κ3) is 2.69. The van der Waals surface area contributed by atoms with Gasteiger partial charge in [-0.3, -0.25) is 4.79 Å². The van der Waals surface area contributed by atoms with Gasteiger partial charge in [0, 0.05) is 21.7 Å². The average molecular weight is 340 g/mol. The topological polar surface area (TPSA) is 34.0 Å². The second kappa shape index (κ2) is 5.02. The maximum Gasteiger partial charge on any atom is 0.272 e. The molecule has 1 saturated carbocycles. The molecule has 1 amide bonds. The number of carbonyl (C=O) groups is 1. The molecule has 0 aliphatic heterocycles. The minimum Gasteiger partial charge on any atom is -0.340 e. The van der Waals surface area contributed by atoms with Crippen molar-refractivity contribution in [2.75, 3.05) is 5.32 Å². The van der Waals surface area contributed by atoms with Crippen molar-refractivity contribution in [2.45, 2.75) is 18.9 Å². The second-order valence-electron chi connectivity index (χ2n) is 4.61. The molecule has 1 aliphatic carbocycles. The summed E-state index contributed by atoms with van der Waals surface area (Å²) in [6.45, 7) is 0. The summed E-state index contributed by atoms with van der Waals surface area (Å²) in [5.41, 5.74) is 1.37. The maximum atomic E-state index is 12.3. The molecule has 3 rings (SSSR count). The molecule has 5 heteroatoms. The van der Waals surface area contributed by atoms with E-state index in [4.69, 9.17) is 11.6 Å². The van der Waals surface area contributed by atoms with E-state index in [2.05, 4.69) is 21.2 Å². The molecule has 0 bridgehead atoms. The van der Waals surface area contributed by atoms with Crippen LogP contribution in [0.4, 0.5) is 5.69 Å². The zero-order valence-corrected chi connectivity index (χ0v) is 12.4. The van der Waals surface area contributed by atoms with E-state index in [1.54, 1.807) is 12.1 Å². The van der Waals surface area contributed by atoms with Crippen LogP contribution >= 0.6 is 27.5 Å². The minimum atomic E-state index is -0.111. The lowest BCUT2D eigenvalue weighted by molar-refractivity contribution is 0.101. The highest BCUT2D eigenvalue weighted by Crippen LogP contribution is 2.36. The molecule has 1 aliphatic rings. The Morgan fingerprint density at radius 1 is 1.37 bits per heavy atom. The number of benzene rings is 1. The Bertz CT molecular complexity index is 634. The minimum absolute atomic E-state index is 0.111. The number of nitrogens with zero attached hydrogens (tertiary/aromatic N) is 1. The van der Waals surface area contributed by atoms with Gasteiger partial charge in [-0.05, 0) is 59.1 Å². The van der Waals surface area contributed by atoms with Crippen LogP contribution in [0.15, 0.2) is 41.0 Å². The number of rotatable bonds is 3. The van der Waals surface area contributed by atoms with Crippen LogP contribution < -0.4 is 5.32 Å². The smallest absolute Gasteiger partial charge is 0.272 e. The van der Waals surface area contributed by atoms with E-state index in [0.717, 1.165) is 17.3 Å². The van der Waals surface area contributed by atoms with Crippen LogP contribution in [0.5, 0.6) is 0 Å². The van der Waals surface area contributed by atoms with Crippen molar-refractivity contribution < 1.29 is 4.79 Å². The molecule has 0 saturated heterocycles. The predicted octanol–water partition coefficient (Wildman–Crippen LogP) is 4.49. The lowest BCUT2D eigenvalue weighted by Crippen LogP contribution is -2.16. The van der Waals surface area contributed by atoms with E-state index in [-0.39, 0.29) is 5.91 Å². The van der Waals surface area contributed by atoms with Gasteiger partial charge in [0.05, 0.1) is 5.69 Å². The zero-order valence-electron chi connectivity index (χ0n) is 10.1. The van der Waals surface area contributed by atoms with E-state index in [9.17, 15) is 4.79 Å². The van der Waals surface area contributed by atoms with Crippen molar-refractivity contribution >= 4 is 39.1 Å². The standard InChI is InChI=1S/C14H12BrClN2O/c15-11-6-3-9(16)8-12(11)17-14(19)13-2-1-7-18(13)10-4-5-10/h1-3,6-8,10H,4-5H2,(H,17,19). The van der Waals surface area contributed by atoms with Crippen molar-refractivity contribution in [1.82, 2.24) is 4.57 Å². The Labute approximate surface area is 124 Å². The molecule has 1 aromatic heterocycles. The second-order valence-corrected chi connectivity index (χ2v) is 5.90. The molecule has 19 heavy (non-hydrogen) atoms. The van der Waals surface area contributed by atoms with Crippen LogP contribution in [0.1, 0.15) is 29.4 Å². The van der Waals surface area contributed by atoms with E-state index in [0.29, 0.717) is 22.4 Å². The lowest BCUT2D eigenvalue weighted by Gasteiger charge is -2.10. The molecule has 3 nitrogen and oxygen atoms in total. The summed E-state index contributed by atoms with van der Waals surface area (Å²) < 4.78 is 2.85. The van der Waals surface area contributed by atoms with Gasteiger partial charge >= 0.3 is 0 Å². The molecule has 1 heterocycles. The van der Waals surface area contributed by atoms with Gasteiger partial charge in [0.15, 0.2) is 0 Å². The van der Waals surface area contributed by atoms with Crippen LogP contribution in [0.25, 0.3) is 0 Å². The Kier molecular flexibility index (Phi) is 3.37. The molecule has 1 N–H and O–H groups in total. The number of anilines is 1. The van der Waals surface area contributed by atoms with Gasteiger partial charge in [-0.25, -0.2) is 0 Å². The Morgan fingerprint density at radius 3 is 2.89 bits per heavy atom. The monoisotopic (exact) mass is 338 g/mol. The van der Waals surface area contributed by atoms with E-state index < -0.39 is 0 Å². The van der Waals surface area contributed by atoms with Gasteiger partial charge in [0.1, 0.15) is 5.69 Å². The van der Waals surface area contributed by atoms with Gasteiger partial charge < -0.3 is 9.88 Å². The summed E-state index contributed by atoms with van der Waals surface area (Å²) in [6.07, 6.45) is 4.26. The zero-order chi connectivity index (χ0) is 13.4. The number of nitrogens with one attached hydrogen (secondary N) is 1. The van der Waals surface area contributed by atoms with Crippen molar-refractivity contribution in [3.05, 3.63) is 51.7 Å². The van der Waals surface area contributed by atoms with Crippen LogP contribution in [-0.2, 0) is 0 Å². The molecular weight excluding hydrogens is 328 g/mol. The molecule has 1 fully saturated rings. The van der Waals surface area contributed by atoms with Crippen molar-refractivity contribution in [2.24, 2.45) is 0 Å². The number of hydrogen-bond donors (Lipinski definition) is 1. The number of carbonyl (C=O) groups excluding carboxylic acids is 1. The highest BCUT2D eigenvalue weighted by Gasteiger charge is 2.26. The molecule has 0 radical (unpaired) electrons. The van der Waals surface area contributed by atoms with Gasteiger partial charge in [0.25, 0.3) is 5.91 Å². The molecular formula is C14H12BrClN2O. The Hall–Kier alpha value is -1.26. The van der Waals surface area contributed by atoms with Crippen molar-refractivity contribution in [3.8, 4) is 0 Å².